The number of hydrogen-bond donors (Lipinski definition) is 3. The summed E-state index contributed by atoms with van der Waals surface area (Å²) in [6.45, 7) is 4.07. The zero-order valence-corrected chi connectivity index (χ0v) is 12.1. The van der Waals surface area contributed by atoms with E-state index < -0.39 is 12.0 Å². The summed E-state index contributed by atoms with van der Waals surface area (Å²) in [6.07, 6.45) is 4.83. The molecule has 1 aliphatic heterocycles. The zero-order chi connectivity index (χ0) is 14.5. The summed E-state index contributed by atoms with van der Waals surface area (Å²) in [5, 5.41) is 15.4. The van der Waals surface area contributed by atoms with Gasteiger partial charge in [-0.2, -0.15) is 0 Å². The fourth-order valence-electron chi connectivity index (χ4n) is 2.60. The topological polar surface area (TPSA) is 81.7 Å². The number of carbonyl (C=O) groups excluding carboxylic acids is 1. The van der Waals surface area contributed by atoms with Crippen molar-refractivity contribution in [1.82, 2.24) is 15.5 Å². The molecule has 0 aromatic carbocycles. The predicted octanol–water partition coefficient (Wildman–Crippen LogP) is 1.02. The van der Waals surface area contributed by atoms with Crippen LogP contribution in [0.2, 0.25) is 0 Å². The van der Waals surface area contributed by atoms with Crippen LogP contribution in [0.1, 0.15) is 39.0 Å². The number of amides is 2. The fraction of sp³-hybridized carbons (Fsp3) is 0.857. The van der Waals surface area contributed by atoms with Crippen molar-refractivity contribution in [2.24, 2.45) is 5.92 Å². The Morgan fingerprint density at radius 1 is 1.25 bits per heavy atom. The van der Waals surface area contributed by atoms with E-state index >= 15 is 0 Å². The molecule has 2 amide bonds. The molecule has 1 saturated carbocycles. The van der Waals surface area contributed by atoms with E-state index in [2.05, 4.69) is 10.6 Å². The number of piperidine rings is 1. The van der Waals surface area contributed by atoms with Crippen LogP contribution in [0.15, 0.2) is 0 Å². The Kier molecular flexibility index (Phi) is 5.23. The minimum absolute atomic E-state index is 0.240. The molecule has 20 heavy (non-hydrogen) atoms. The monoisotopic (exact) mass is 283 g/mol. The van der Waals surface area contributed by atoms with Gasteiger partial charge in [-0.25, -0.2) is 9.59 Å². The predicted molar refractivity (Wildman–Crippen MR) is 75.6 cm³/mol. The molecule has 2 unspecified atom stereocenters. The molecule has 0 aromatic rings. The smallest absolute Gasteiger partial charge is 0.326 e. The highest BCUT2D eigenvalue weighted by Gasteiger charge is 2.34. The van der Waals surface area contributed by atoms with E-state index in [-0.39, 0.29) is 6.03 Å². The lowest BCUT2D eigenvalue weighted by Crippen LogP contribution is -2.53. The molecular formula is C14H25N3O3. The van der Waals surface area contributed by atoms with Crippen molar-refractivity contribution in [3.63, 3.8) is 0 Å². The van der Waals surface area contributed by atoms with E-state index in [9.17, 15) is 14.7 Å². The van der Waals surface area contributed by atoms with E-state index in [4.69, 9.17) is 0 Å². The highest BCUT2D eigenvalue weighted by atomic mass is 16.4. The average Bonchev–Trinajstić information content (AvgIpc) is 3.22. The van der Waals surface area contributed by atoms with Gasteiger partial charge in [-0.05, 0) is 44.6 Å². The van der Waals surface area contributed by atoms with Gasteiger partial charge in [0.1, 0.15) is 6.04 Å². The minimum atomic E-state index is -0.901. The number of nitrogens with zero attached hydrogens (tertiary/aromatic N) is 1. The van der Waals surface area contributed by atoms with Crippen LogP contribution in [0.5, 0.6) is 0 Å². The van der Waals surface area contributed by atoms with Crippen LogP contribution in [0, 0.1) is 5.92 Å². The molecule has 1 aliphatic carbocycles. The van der Waals surface area contributed by atoms with Crippen LogP contribution in [0.25, 0.3) is 0 Å². The largest absolute Gasteiger partial charge is 0.480 e. The molecule has 2 aliphatic rings. The molecule has 3 N–H and O–H groups in total. The zero-order valence-electron chi connectivity index (χ0n) is 12.1. The Balaban J connectivity index is 1.70. The molecule has 2 atom stereocenters. The summed E-state index contributed by atoms with van der Waals surface area (Å²) in [5.74, 6) is -0.537. The van der Waals surface area contributed by atoms with Gasteiger partial charge in [0.15, 0.2) is 0 Å². The van der Waals surface area contributed by atoms with Gasteiger partial charge in [-0.3, -0.25) is 0 Å². The van der Waals surface area contributed by atoms with E-state index in [0.717, 1.165) is 19.4 Å². The van der Waals surface area contributed by atoms with Gasteiger partial charge >= 0.3 is 12.0 Å². The maximum Gasteiger partial charge on any atom is 0.326 e. The molecule has 0 bridgehead atoms. The van der Waals surface area contributed by atoms with Crippen molar-refractivity contribution >= 4 is 12.0 Å². The summed E-state index contributed by atoms with van der Waals surface area (Å²) in [5.41, 5.74) is 0. The number of nitrogens with one attached hydrogen (secondary N) is 2. The van der Waals surface area contributed by atoms with Crippen LogP contribution in [0.3, 0.4) is 0 Å². The van der Waals surface area contributed by atoms with E-state index in [1.54, 1.807) is 0 Å². The maximum atomic E-state index is 12.1. The summed E-state index contributed by atoms with van der Waals surface area (Å²) in [4.78, 5) is 24.8. The third-order valence-corrected chi connectivity index (χ3v) is 4.05. The summed E-state index contributed by atoms with van der Waals surface area (Å²) < 4.78 is 0. The number of hydrogen-bond acceptors (Lipinski definition) is 3. The number of aliphatic carboxylic acids is 1. The Morgan fingerprint density at radius 3 is 2.65 bits per heavy atom. The van der Waals surface area contributed by atoms with Gasteiger partial charge < -0.3 is 20.6 Å². The average molecular weight is 283 g/mol. The quantitative estimate of drug-likeness (QED) is 0.636. The molecule has 6 heteroatoms. The SMILES string of the molecule is CC1CCN(C(=O)NCCCNC2CC2)C(C(=O)O)C1. The van der Waals surface area contributed by atoms with Crippen LogP contribution in [-0.4, -0.2) is 53.7 Å². The number of urea groups is 1. The number of carboxylic acids is 1. The van der Waals surface area contributed by atoms with Gasteiger partial charge in [0.2, 0.25) is 0 Å². The Labute approximate surface area is 119 Å². The van der Waals surface area contributed by atoms with E-state index in [1.165, 1.54) is 17.7 Å². The lowest BCUT2D eigenvalue weighted by molar-refractivity contribution is -0.143. The van der Waals surface area contributed by atoms with Crippen LogP contribution in [0.4, 0.5) is 4.79 Å². The first-order valence-corrected chi connectivity index (χ1v) is 7.58. The van der Waals surface area contributed by atoms with Gasteiger partial charge in [0.05, 0.1) is 0 Å². The van der Waals surface area contributed by atoms with Gasteiger partial charge in [0, 0.05) is 19.1 Å². The maximum absolute atomic E-state index is 12.1. The molecule has 1 saturated heterocycles. The Morgan fingerprint density at radius 2 is 2.00 bits per heavy atom. The van der Waals surface area contributed by atoms with Gasteiger partial charge in [-0.15, -0.1) is 0 Å². The van der Waals surface area contributed by atoms with Crippen molar-refractivity contribution in [2.45, 2.75) is 51.1 Å². The molecular weight excluding hydrogens is 258 g/mol. The van der Waals surface area contributed by atoms with Crippen LogP contribution in [-0.2, 0) is 4.79 Å². The first-order valence-electron chi connectivity index (χ1n) is 7.58. The fourth-order valence-corrected chi connectivity index (χ4v) is 2.60. The molecule has 0 aromatic heterocycles. The number of carbonyl (C=O) groups is 2. The number of carboxylic acid groups (broad SMARTS) is 1. The molecule has 1 heterocycles. The second-order valence-corrected chi connectivity index (χ2v) is 5.99. The first kappa shape index (κ1) is 15.1. The van der Waals surface area contributed by atoms with Crippen molar-refractivity contribution in [3.8, 4) is 0 Å². The minimum Gasteiger partial charge on any atom is -0.480 e. The Hall–Kier alpha value is -1.30. The lowest BCUT2D eigenvalue weighted by Gasteiger charge is -2.35. The second kappa shape index (κ2) is 6.92. The van der Waals surface area contributed by atoms with Crippen LogP contribution < -0.4 is 10.6 Å². The van der Waals surface area contributed by atoms with E-state index in [1.807, 2.05) is 6.92 Å². The van der Waals surface area contributed by atoms with Gasteiger partial charge in [-0.1, -0.05) is 6.92 Å². The molecule has 114 valence electrons. The third-order valence-electron chi connectivity index (χ3n) is 4.05. The van der Waals surface area contributed by atoms with E-state index in [0.29, 0.717) is 31.5 Å². The lowest BCUT2D eigenvalue weighted by atomic mass is 9.93. The Bertz CT molecular complexity index is 358. The molecule has 2 fully saturated rings. The highest BCUT2D eigenvalue weighted by Crippen LogP contribution is 2.22. The third kappa shape index (κ3) is 4.37. The molecule has 0 spiro atoms. The normalized spacial score (nSPS) is 26.4. The van der Waals surface area contributed by atoms with Crippen molar-refractivity contribution in [1.29, 1.82) is 0 Å². The van der Waals surface area contributed by atoms with Crippen LogP contribution >= 0.6 is 0 Å². The summed E-state index contributed by atoms with van der Waals surface area (Å²) >= 11 is 0. The summed E-state index contributed by atoms with van der Waals surface area (Å²) in [6, 6.07) is -0.232. The highest BCUT2D eigenvalue weighted by molar-refractivity contribution is 5.82. The first-order chi connectivity index (χ1) is 9.58. The second-order valence-electron chi connectivity index (χ2n) is 5.99. The summed E-state index contributed by atoms with van der Waals surface area (Å²) in [7, 11) is 0. The number of rotatable bonds is 6. The van der Waals surface area contributed by atoms with Gasteiger partial charge in [0.25, 0.3) is 0 Å². The number of likely N-dealkylation sites (tertiary alicyclic amines) is 1. The molecule has 0 radical (unpaired) electrons. The standard InChI is InChI=1S/C14H25N3O3/c1-10-5-8-17(12(9-10)13(18)19)14(20)16-7-2-6-15-11-3-4-11/h10-12,15H,2-9H2,1H3,(H,16,20)(H,18,19). The van der Waals surface area contributed by atoms with Crippen molar-refractivity contribution in [2.75, 3.05) is 19.6 Å². The van der Waals surface area contributed by atoms with Crippen molar-refractivity contribution in [3.05, 3.63) is 0 Å². The van der Waals surface area contributed by atoms with Crippen molar-refractivity contribution < 1.29 is 14.7 Å². The molecule has 2 rings (SSSR count). The molecule has 6 nitrogen and oxygen atoms in total.